The predicted molar refractivity (Wildman–Crippen MR) is 120 cm³/mol. The molecule has 2 amide bonds. The number of nitrogens with one attached hydrogen (secondary N) is 2. The van der Waals surface area contributed by atoms with Crippen LogP contribution in [0.1, 0.15) is 5.56 Å². The second-order valence-electron chi connectivity index (χ2n) is 7.61. The fourth-order valence-corrected chi connectivity index (χ4v) is 4.77. The van der Waals surface area contributed by atoms with Gasteiger partial charge in [0.05, 0.1) is 21.2 Å². The van der Waals surface area contributed by atoms with Crippen LogP contribution in [0.15, 0.2) is 52.3 Å². The molecule has 0 bridgehead atoms. The standard InChI is InChI=1S/C20H26N4O5S2/c1-15-4-6-16(7-5-15)31(28,29)22-20(25)21-18-14-17(30(3,26)27)8-9-19(18)24-12-10-23(2)11-13-24/h4-9,14H,10-13H2,1-3H3,(H2,21,22,25). The number of aryl methyl sites for hydroxylation is 1. The molecule has 1 fully saturated rings. The molecule has 2 aromatic carbocycles. The van der Waals surface area contributed by atoms with Crippen LogP contribution >= 0.6 is 0 Å². The quantitative estimate of drug-likeness (QED) is 0.688. The lowest BCUT2D eigenvalue weighted by Crippen LogP contribution is -2.45. The molecule has 1 aliphatic heterocycles. The highest BCUT2D eigenvalue weighted by molar-refractivity contribution is 7.90. The maximum absolute atomic E-state index is 12.5. The molecule has 0 radical (unpaired) electrons. The smallest absolute Gasteiger partial charge is 0.333 e. The number of hydrogen-bond acceptors (Lipinski definition) is 7. The van der Waals surface area contributed by atoms with Crippen LogP contribution < -0.4 is 14.9 Å². The Balaban J connectivity index is 1.87. The van der Waals surface area contributed by atoms with Gasteiger partial charge in [0.15, 0.2) is 9.84 Å². The van der Waals surface area contributed by atoms with E-state index in [9.17, 15) is 21.6 Å². The first-order valence-corrected chi connectivity index (χ1v) is 13.0. The Morgan fingerprint density at radius 1 is 0.903 bits per heavy atom. The van der Waals surface area contributed by atoms with Crippen LogP contribution in [-0.2, 0) is 19.9 Å². The van der Waals surface area contributed by atoms with Gasteiger partial charge in [0, 0.05) is 32.4 Å². The zero-order chi connectivity index (χ0) is 22.8. The molecule has 11 heteroatoms. The zero-order valence-corrected chi connectivity index (χ0v) is 19.3. The summed E-state index contributed by atoms with van der Waals surface area (Å²) >= 11 is 0. The molecule has 0 saturated carbocycles. The van der Waals surface area contributed by atoms with Crippen molar-refractivity contribution < 1.29 is 21.6 Å². The monoisotopic (exact) mass is 466 g/mol. The molecule has 9 nitrogen and oxygen atoms in total. The summed E-state index contributed by atoms with van der Waals surface area (Å²) in [5.74, 6) is 0. The Bertz CT molecular complexity index is 1170. The number of rotatable bonds is 5. The van der Waals surface area contributed by atoms with E-state index in [1.165, 1.54) is 24.3 Å². The normalized spacial score (nSPS) is 15.5. The highest BCUT2D eigenvalue weighted by Crippen LogP contribution is 2.30. The lowest BCUT2D eigenvalue weighted by Gasteiger charge is -2.35. The number of carbonyl (C=O) groups excluding carboxylic acids is 1. The van der Waals surface area contributed by atoms with E-state index in [0.717, 1.165) is 24.9 Å². The summed E-state index contributed by atoms with van der Waals surface area (Å²) in [6.45, 7) is 4.81. The topological polar surface area (TPSA) is 116 Å². The lowest BCUT2D eigenvalue weighted by molar-refractivity contribution is 0.256. The first-order valence-electron chi connectivity index (χ1n) is 9.64. The van der Waals surface area contributed by atoms with Crippen molar-refractivity contribution in [2.45, 2.75) is 16.7 Å². The number of carbonyl (C=O) groups is 1. The third-order valence-corrected chi connectivity index (χ3v) is 7.50. The summed E-state index contributed by atoms with van der Waals surface area (Å²) in [6, 6.07) is 9.57. The Hall–Kier alpha value is -2.63. The molecular weight excluding hydrogens is 440 g/mol. The van der Waals surface area contributed by atoms with Crippen molar-refractivity contribution in [1.29, 1.82) is 0 Å². The predicted octanol–water partition coefficient (Wildman–Crippen LogP) is 1.66. The fraction of sp³-hybridized carbons (Fsp3) is 0.350. The second-order valence-corrected chi connectivity index (χ2v) is 11.3. The SMILES string of the molecule is Cc1ccc(S(=O)(=O)NC(=O)Nc2cc(S(C)(=O)=O)ccc2N2CCN(C)CC2)cc1. The Morgan fingerprint density at radius 3 is 2.06 bits per heavy atom. The number of amides is 2. The van der Waals surface area contributed by atoms with E-state index in [-0.39, 0.29) is 15.5 Å². The molecule has 0 aromatic heterocycles. The van der Waals surface area contributed by atoms with E-state index in [1.807, 2.05) is 23.6 Å². The molecule has 1 aliphatic rings. The van der Waals surface area contributed by atoms with E-state index in [1.54, 1.807) is 18.2 Å². The van der Waals surface area contributed by atoms with Gasteiger partial charge in [-0.05, 0) is 44.3 Å². The average molecular weight is 467 g/mol. The number of sulfone groups is 1. The molecule has 168 valence electrons. The number of benzene rings is 2. The Morgan fingerprint density at radius 2 is 1.48 bits per heavy atom. The van der Waals surface area contributed by atoms with Gasteiger partial charge in [0.25, 0.3) is 10.0 Å². The van der Waals surface area contributed by atoms with Crippen LogP contribution in [-0.4, -0.2) is 67.2 Å². The number of sulfonamides is 1. The van der Waals surface area contributed by atoms with Gasteiger partial charge < -0.3 is 15.1 Å². The molecule has 2 N–H and O–H groups in total. The molecule has 0 atom stereocenters. The van der Waals surface area contributed by atoms with Gasteiger partial charge in [-0.25, -0.2) is 26.4 Å². The highest BCUT2D eigenvalue weighted by Gasteiger charge is 2.22. The molecule has 1 saturated heterocycles. The molecule has 0 aliphatic carbocycles. The third kappa shape index (κ3) is 5.75. The minimum Gasteiger partial charge on any atom is -0.367 e. The van der Waals surface area contributed by atoms with Gasteiger partial charge in [-0.2, -0.15) is 0 Å². The van der Waals surface area contributed by atoms with Crippen molar-refractivity contribution in [3.63, 3.8) is 0 Å². The fourth-order valence-electron chi connectivity index (χ4n) is 3.22. The van der Waals surface area contributed by atoms with E-state index in [0.29, 0.717) is 18.8 Å². The van der Waals surface area contributed by atoms with Crippen molar-refractivity contribution in [2.75, 3.05) is 49.7 Å². The summed E-state index contributed by atoms with van der Waals surface area (Å²) < 4.78 is 51.0. The third-order valence-electron chi connectivity index (χ3n) is 5.05. The van der Waals surface area contributed by atoms with Gasteiger partial charge in [-0.1, -0.05) is 17.7 Å². The minimum atomic E-state index is -4.08. The van der Waals surface area contributed by atoms with Gasteiger partial charge >= 0.3 is 6.03 Å². The van der Waals surface area contributed by atoms with Crippen LogP contribution in [0.25, 0.3) is 0 Å². The largest absolute Gasteiger partial charge is 0.367 e. The minimum absolute atomic E-state index is 0.0297. The van der Waals surface area contributed by atoms with Crippen LogP contribution in [0.2, 0.25) is 0 Å². The van der Waals surface area contributed by atoms with Crippen LogP contribution in [0.3, 0.4) is 0 Å². The van der Waals surface area contributed by atoms with Crippen molar-refractivity contribution in [3.05, 3.63) is 48.0 Å². The van der Waals surface area contributed by atoms with Crippen LogP contribution in [0.5, 0.6) is 0 Å². The van der Waals surface area contributed by atoms with Crippen LogP contribution in [0, 0.1) is 6.92 Å². The zero-order valence-electron chi connectivity index (χ0n) is 17.6. The van der Waals surface area contributed by atoms with E-state index in [4.69, 9.17) is 0 Å². The van der Waals surface area contributed by atoms with Crippen molar-refractivity contribution in [1.82, 2.24) is 9.62 Å². The van der Waals surface area contributed by atoms with Crippen molar-refractivity contribution in [2.24, 2.45) is 0 Å². The molecule has 0 unspecified atom stereocenters. The Kier molecular flexibility index (Phi) is 6.58. The second kappa shape index (κ2) is 8.85. The number of hydrogen-bond donors (Lipinski definition) is 2. The average Bonchev–Trinajstić information content (AvgIpc) is 2.68. The van der Waals surface area contributed by atoms with E-state index >= 15 is 0 Å². The summed E-state index contributed by atoms with van der Waals surface area (Å²) in [6.07, 6.45) is 1.07. The first-order chi connectivity index (χ1) is 14.5. The molecule has 3 rings (SSSR count). The summed E-state index contributed by atoms with van der Waals surface area (Å²) in [5.41, 5.74) is 1.74. The summed E-state index contributed by atoms with van der Waals surface area (Å²) in [7, 11) is -5.59. The van der Waals surface area contributed by atoms with Gasteiger partial charge in [0.1, 0.15) is 0 Å². The van der Waals surface area contributed by atoms with E-state index < -0.39 is 25.9 Å². The number of likely N-dealkylation sites (N-methyl/N-ethyl adjacent to an activating group) is 1. The Labute approximate surface area is 183 Å². The summed E-state index contributed by atoms with van der Waals surface area (Å²) in [4.78, 5) is 16.7. The van der Waals surface area contributed by atoms with Crippen molar-refractivity contribution >= 4 is 37.3 Å². The number of piperazine rings is 1. The summed E-state index contributed by atoms with van der Waals surface area (Å²) in [5, 5.41) is 2.52. The van der Waals surface area contributed by atoms with Gasteiger partial charge in [0.2, 0.25) is 0 Å². The van der Waals surface area contributed by atoms with Gasteiger partial charge in [-0.3, -0.25) is 0 Å². The molecule has 31 heavy (non-hydrogen) atoms. The molecule has 0 spiro atoms. The number of urea groups is 1. The maximum Gasteiger partial charge on any atom is 0.333 e. The number of anilines is 2. The molecule has 2 aromatic rings. The lowest BCUT2D eigenvalue weighted by atomic mass is 10.2. The van der Waals surface area contributed by atoms with Crippen molar-refractivity contribution in [3.8, 4) is 0 Å². The molecular formula is C20H26N4O5S2. The number of nitrogens with zero attached hydrogens (tertiary/aromatic N) is 2. The van der Waals surface area contributed by atoms with E-state index in [2.05, 4.69) is 10.2 Å². The van der Waals surface area contributed by atoms with Crippen LogP contribution in [0.4, 0.5) is 16.2 Å². The highest BCUT2D eigenvalue weighted by atomic mass is 32.2. The van der Waals surface area contributed by atoms with Gasteiger partial charge in [-0.15, -0.1) is 0 Å². The first kappa shape index (κ1) is 23.0. The molecule has 1 heterocycles. The maximum atomic E-state index is 12.5.